The van der Waals surface area contributed by atoms with Crippen LogP contribution in [-0.2, 0) is 11.2 Å². The van der Waals surface area contributed by atoms with Gasteiger partial charge in [-0.2, -0.15) is 0 Å². The molecular weight excluding hydrogens is 402 g/mol. The van der Waals surface area contributed by atoms with Crippen LogP contribution in [0.1, 0.15) is 5.56 Å². The van der Waals surface area contributed by atoms with E-state index in [1.54, 1.807) is 17.0 Å². The Kier molecular flexibility index (Phi) is 5.10. The van der Waals surface area contributed by atoms with Gasteiger partial charge in [-0.3, -0.25) is 14.9 Å². The number of fused-ring (bicyclic) bond motifs is 1. The van der Waals surface area contributed by atoms with E-state index in [1.165, 1.54) is 29.5 Å². The summed E-state index contributed by atoms with van der Waals surface area (Å²) < 4.78 is 27.7. The molecule has 2 heterocycles. The van der Waals surface area contributed by atoms with E-state index in [1.807, 2.05) is 4.90 Å². The number of rotatable bonds is 4. The Hall–Kier alpha value is -3.14. The monoisotopic (exact) mass is 418 g/mol. The fraction of sp³-hybridized carbons (Fsp3) is 0.263. The summed E-state index contributed by atoms with van der Waals surface area (Å²) in [6, 6.07) is 8.03. The van der Waals surface area contributed by atoms with Gasteiger partial charge in [-0.05, 0) is 11.6 Å². The Bertz CT molecular complexity index is 1080. The predicted octanol–water partition coefficient (Wildman–Crippen LogP) is 3.37. The standard InChI is InChI=1S/C19H16F2N4O3S/c20-13-10-15(21)18-16(11-13)29-19(22-18)24-7-5-23(6-8-24)17(26)9-12-1-3-14(4-2-12)25(27)28/h1-4,10-11H,5-9H2. The number of nitro groups is 1. The minimum Gasteiger partial charge on any atom is -0.345 e. The number of halogens is 2. The van der Waals surface area contributed by atoms with Gasteiger partial charge in [0.15, 0.2) is 10.9 Å². The Morgan fingerprint density at radius 3 is 2.48 bits per heavy atom. The molecule has 0 aliphatic carbocycles. The first kappa shape index (κ1) is 19.2. The van der Waals surface area contributed by atoms with Crippen molar-refractivity contribution in [1.29, 1.82) is 0 Å². The molecule has 1 aliphatic heterocycles. The normalized spacial score (nSPS) is 14.4. The maximum atomic E-state index is 13.9. The van der Waals surface area contributed by atoms with Gasteiger partial charge in [0, 0.05) is 44.4 Å². The highest BCUT2D eigenvalue weighted by molar-refractivity contribution is 7.22. The van der Waals surface area contributed by atoms with Gasteiger partial charge < -0.3 is 9.80 Å². The van der Waals surface area contributed by atoms with E-state index < -0.39 is 16.6 Å². The molecule has 150 valence electrons. The van der Waals surface area contributed by atoms with E-state index in [0.717, 1.165) is 6.07 Å². The highest BCUT2D eigenvalue weighted by Crippen LogP contribution is 2.31. The lowest BCUT2D eigenvalue weighted by atomic mass is 10.1. The van der Waals surface area contributed by atoms with E-state index in [0.29, 0.717) is 41.6 Å². The molecule has 0 unspecified atom stereocenters. The minimum absolute atomic E-state index is 0.0121. The van der Waals surface area contributed by atoms with Crippen molar-refractivity contribution in [2.24, 2.45) is 0 Å². The molecule has 1 fully saturated rings. The van der Waals surface area contributed by atoms with Crippen LogP contribution in [0.5, 0.6) is 0 Å². The molecule has 0 N–H and O–H groups in total. The average Bonchev–Trinajstić information content (AvgIpc) is 3.13. The second kappa shape index (κ2) is 7.70. The summed E-state index contributed by atoms with van der Waals surface area (Å²) in [6.07, 6.45) is 0.170. The van der Waals surface area contributed by atoms with E-state index >= 15 is 0 Å². The van der Waals surface area contributed by atoms with Gasteiger partial charge in [0.05, 0.1) is 16.0 Å². The van der Waals surface area contributed by atoms with Gasteiger partial charge >= 0.3 is 0 Å². The molecule has 1 amide bonds. The molecule has 4 rings (SSSR count). The number of anilines is 1. The highest BCUT2D eigenvalue weighted by atomic mass is 32.1. The molecule has 0 saturated carbocycles. The molecule has 10 heteroatoms. The zero-order chi connectivity index (χ0) is 20.5. The number of piperazine rings is 1. The van der Waals surface area contributed by atoms with Gasteiger partial charge in [-0.25, -0.2) is 13.8 Å². The Morgan fingerprint density at radius 1 is 1.14 bits per heavy atom. The molecule has 2 aromatic carbocycles. The molecule has 0 bridgehead atoms. The fourth-order valence-corrected chi connectivity index (χ4v) is 4.31. The van der Waals surface area contributed by atoms with Crippen LogP contribution in [-0.4, -0.2) is 46.9 Å². The van der Waals surface area contributed by atoms with Crippen molar-refractivity contribution in [3.05, 3.63) is 63.7 Å². The summed E-state index contributed by atoms with van der Waals surface area (Å²) in [5, 5.41) is 11.3. The van der Waals surface area contributed by atoms with Gasteiger partial charge in [0.25, 0.3) is 5.69 Å². The van der Waals surface area contributed by atoms with Crippen LogP contribution >= 0.6 is 11.3 Å². The minimum atomic E-state index is -0.681. The number of nitro benzene ring substituents is 1. The van der Waals surface area contributed by atoms with Crippen LogP contribution in [0.2, 0.25) is 0 Å². The second-order valence-corrected chi connectivity index (χ2v) is 7.71. The van der Waals surface area contributed by atoms with Crippen molar-refractivity contribution in [1.82, 2.24) is 9.88 Å². The van der Waals surface area contributed by atoms with Gasteiger partial charge in [-0.1, -0.05) is 23.5 Å². The largest absolute Gasteiger partial charge is 0.345 e. The third-order valence-corrected chi connectivity index (χ3v) is 5.87. The topological polar surface area (TPSA) is 79.6 Å². The van der Waals surface area contributed by atoms with E-state index in [4.69, 9.17) is 0 Å². The number of amides is 1. The van der Waals surface area contributed by atoms with Crippen molar-refractivity contribution >= 4 is 38.3 Å². The number of non-ortho nitro benzene ring substituents is 1. The molecule has 0 radical (unpaired) electrons. The SMILES string of the molecule is O=C(Cc1ccc([N+](=O)[O-])cc1)N1CCN(c2nc3c(F)cc(F)cc3s2)CC1. The van der Waals surface area contributed by atoms with Crippen LogP contribution in [0.25, 0.3) is 10.2 Å². The van der Waals surface area contributed by atoms with Gasteiger partial charge in [0.1, 0.15) is 11.3 Å². The van der Waals surface area contributed by atoms with Crippen LogP contribution in [0.4, 0.5) is 19.6 Å². The van der Waals surface area contributed by atoms with Crippen LogP contribution in [0, 0.1) is 21.7 Å². The zero-order valence-corrected chi connectivity index (χ0v) is 16.0. The first-order chi connectivity index (χ1) is 13.9. The highest BCUT2D eigenvalue weighted by Gasteiger charge is 2.24. The maximum Gasteiger partial charge on any atom is 0.269 e. The number of benzene rings is 2. The lowest BCUT2D eigenvalue weighted by Gasteiger charge is -2.34. The second-order valence-electron chi connectivity index (χ2n) is 6.70. The van der Waals surface area contributed by atoms with Crippen molar-refractivity contribution in [2.45, 2.75) is 6.42 Å². The summed E-state index contributed by atoms with van der Waals surface area (Å²) in [5.74, 6) is -1.37. The number of carbonyl (C=O) groups is 1. The molecular formula is C19H16F2N4O3S. The van der Waals surface area contributed by atoms with Crippen molar-refractivity contribution < 1.29 is 18.5 Å². The number of hydrogen-bond acceptors (Lipinski definition) is 6. The zero-order valence-electron chi connectivity index (χ0n) is 15.2. The fourth-order valence-electron chi connectivity index (χ4n) is 3.25. The Labute approximate surface area is 168 Å². The number of hydrogen-bond donors (Lipinski definition) is 0. The molecule has 0 atom stereocenters. The summed E-state index contributed by atoms with van der Waals surface area (Å²) >= 11 is 1.22. The number of thiazole rings is 1. The van der Waals surface area contributed by atoms with Crippen LogP contribution in [0.3, 0.4) is 0 Å². The summed E-state index contributed by atoms with van der Waals surface area (Å²) in [7, 11) is 0. The summed E-state index contributed by atoms with van der Waals surface area (Å²) in [5.41, 5.74) is 0.858. The molecule has 1 saturated heterocycles. The molecule has 1 aromatic heterocycles. The molecule has 1 aliphatic rings. The number of nitrogens with zero attached hydrogens (tertiary/aromatic N) is 4. The van der Waals surface area contributed by atoms with Crippen molar-refractivity contribution in [2.75, 3.05) is 31.1 Å². The average molecular weight is 418 g/mol. The van der Waals surface area contributed by atoms with E-state index in [2.05, 4.69) is 4.98 Å². The lowest BCUT2D eigenvalue weighted by molar-refractivity contribution is -0.384. The first-order valence-electron chi connectivity index (χ1n) is 8.92. The van der Waals surface area contributed by atoms with Gasteiger partial charge in [-0.15, -0.1) is 0 Å². The Balaban J connectivity index is 1.38. The number of aromatic nitrogens is 1. The summed E-state index contributed by atoms with van der Waals surface area (Å²) in [4.78, 5) is 30.7. The van der Waals surface area contributed by atoms with Crippen LogP contribution in [0.15, 0.2) is 36.4 Å². The Morgan fingerprint density at radius 2 is 1.83 bits per heavy atom. The van der Waals surface area contributed by atoms with Crippen LogP contribution < -0.4 is 4.90 Å². The summed E-state index contributed by atoms with van der Waals surface area (Å²) in [6.45, 7) is 2.04. The van der Waals surface area contributed by atoms with Gasteiger partial charge in [0.2, 0.25) is 5.91 Å². The molecule has 29 heavy (non-hydrogen) atoms. The molecule has 0 spiro atoms. The first-order valence-corrected chi connectivity index (χ1v) is 9.74. The lowest BCUT2D eigenvalue weighted by Crippen LogP contribution is -2.49. The maximum absolute atomic E-state index is 13.9. The van der Waals surface area contributed by atoms with E-state index in [9.17, 15) is 23.7 Å². The quantitative estimate of drug-likeness (QED) is 0.479. The van der Waals surface area contributed by atoms with Crippen molar-refractivity contribution in [3.63, 3.8) is 0 Å². The van der Waals surface area contributed by atoms with Crippen molar-refractivity contribution in [3.8, 4) is 0 Å². The predicted molar refractivity (Wildman–Crippen MR) is 105 cm³/mol. The molecule has 7 nitrogen and oxygen atoms in total. The third kappa shape index (κ3) is 4.02. The third-order valence-electron chi connectivity index (χ3n) is 4.81. The number of carbonyl (C=O) groups excluding carboxylic acids is 1. The van der Waals surface area contributed by atoms with E-state index in [-0.39, 0.29) is 23.5 Å². The molecule has 3 aromatic rings. The smallest absolute Gasteiger partial charge is 0.269 e.